The van der Waals surface area contributed by atoms with Gasteiger partial charge in [0.25, 0.3) is 0 Å². The van der Waals surface area contributed by atoms with Crippen molar-refractivity contribution in [1.29, 1.82) is 0 Å². The number of ether oxygens (including phenoxy) is 1. The van der Waals surface area contributed by atoms with Gasteiger partial charge in [-0.25, -0.2) is 0 Å². The van der Waals surface area contributed by atoms with Gasteiger partial charge in [0.05, 0.1) is 6.10 Å². The van der Waals surface area contributed by atoms with Crippen molar-refractivity contribution in [2.75, 3.05) is 40.3 Å². The summed E-state index contributed by atoms with van der Waals surface area (Å²) in [5.41, 5.74) is 2.58. The van der Waals surface area contributed by atoms with E-state index in [1.54, 1.807) is 0 Å². The van der Waals surface area contributed by atoms with Crippen molar-refractivity contribution in [2.45, 2.75) is 44.8 Å². The number of likely N-dealkylation sites (N-methyl/N-ethyl adjacent to an activating group) is 1. The predicted octanol–water partition coefficient (Wildman–Crippen LogP) is 2.72. The van der Waals surface area contributed by atoms with Crippen molar-refractivity contribution in [3.8, 4) is 0 Å². The number of likely N-dealkylation sites (tertiary alicyclic amines) is 1. The van der Waals surface area contributed by atoms with Crippen molar-refractivity contribution in [3.05, 3.63) is 35.4 Å². The predicted molar refractivity (Wildman–Crippen MR) is 108 cm³/mol. The average Bonchev–Trinajstić information content (AvgIpc) is 3.08. The van der Waals surface area contributed by atoms with E-state index < -0.39 is 0 Å². The third-order valence-corrected chi connectivity index (χ3v) is 5.78. The molecule has 2 aliphatic rings. The minimum Gasteiger partial charge on any atom is -0.373 e. The molecule has 0 amide bonds. The van der Waals surface area contributed by atoms with Crippen LogP contribution in [0.25, 0.3) is 0 Å². The Morgan fingerprint density at radius 1 is 1.15 bits per heavy atom. The third-order valence-electron chi connectivity index (χ3n) is 5.78. The molecule has 144 valence electrons. The first kappa shape index (κ1) is 19.2. The van der Waals surface area contributed by atoms with Gasteiger partial charge >= 0.3 is 0 Å². The van der Waals surface area contributed by atoms with Crippen LogP contribution in [-0.4, -0.2) is 57.2 Å². The largest absolute Gasteiger partial charge is 0.373 e. The standard InChI is InChI=1S/C21H34N4O/c1-16-8-10-17(11-9-16)20-18(6-5-13-26-20)14-23-21(22-2)24-15-19-7-4-12-25(19)3/h8-11,18-20H,4-7,12-15H2,1-3H3,(H2,22,23,24). The summed E-state index contributed by atoms with van der Waals surface area (Å²) in [6.07, 6.45) is 5.07. The fraction of sp³-hybridized carbons (Fsp3) is 0.667. The Balaban J connectivity index is 1.52. The quantitative estimate of drug-likeness (QED) is 0.628. The van der Waals surface area contributed by atoms with Gasteiger partial charge in [-0.15, -0.1) is 0 Å². The van der Waals surface area contributed by atoms with E-state index in [1.807, 2.05) is 7.05 Å². The summed E-state index contributed by atoms with van der Waals surface area (Å²) in [6.45, 7) is 6.03. The highest BCUT2D eigenvalue weighted by Gasteiger charge is 2.27. The minimum atomic E-state index is 0.177. The Morgan fingerprint density at radius 3 is 2.62 bits per heavy atom. The molecular weight excluding hydrogens is 324 g/mol. The van der Waals surface area contributed by atoms with E-state index in [-0.39, 0.29) is 6.10 Å². The summed E-state index contributed by atoms with van der Waals surface area (Å²) in [4.78, 5) is 6.84. The molecule has 3 atom stereocenters. The van der Waals surface area contributed by atoms with Gasteiger partial charge in [-0.2, -0.15) is 0 Å². The van der Waals surface area contributed by atoms with Crippen molar-refractivity contribution < 1.29 is 4.74 Å². The van der Waals surface area contributed by atoms with Crippen LogP contribution >= 0.6 is 0 Å². The number of aryl methyl sites for hydroxylation is 1. The monoisotopic (exact) mass is 358 g/mol. The van der Waals surface area contributed by atoms with E-state index >= 15 is 0 Å². The second-order valence-corrected chi connectivity index (χ2v) is 7.72. The van der Waals surface area contributed by atoms with Gasteiger partial charge in [-0.05, 0) is 51.8 Å². The second kappa shape index (κ2) is 9.38. The van der Waals surface area contributed by atoms with Crippen molar-refractivity contribution >= 4 is 5.96 Å². The molecule has 3 rings (SSSR count). The lowest BCUT2D eigenvalue weighted by Gasteiger charge is -2.33. The maximum atomic E-state index is 6.13. The first-order chi connectivity index (χ1) is 12.7. The molecule has 0 saturated carbocycles. The lowest BCUT2D eigenvalue weighted by atomic mass is 9.89. The molecule has 5 heteroatoms. The van der Waals surface area contributed by atoms with E-state index in [2.05, 4.69) is 58.8 Å². The lowest BCUT2D eigenvalue weighted by Crippen LogP contribution is -2.46. The molecule has 5 nitrogen and oxygen atoms in total. The number of nitrogens with one attached hydrogen (secondary N) is 2. The molecule has 3 unspecified atom stereocenters. The molecule has 0 radical (unpaired) electrons. The van der Waals surface area contributed by atoms with Crippen LogP contribution in [0.15, 0.2) is 29.3 Å². The van der Waals surface area contributed by atoms with Crippen LogP contribution in [0.5, 0.6) is 0 Å². The maximum Gasteiger partial charge on any atom is 0.191 e. The molecule has 2 N–H and O–H groups in total. The highest BCUT2D eigenvalue weighted by atomic mass is 16.5. The first-order valence-corrected chi connectivity index (χ1v) is 10.0. The van der Waals surface area contributed by atoms with Gasteiger partial charge in [0.2, 0.25) is 0 Å². The molecule has 0 aromatic heterocycles. The number of nitrogens with zero attached hydrogens (tertiary/aromatic N) is 2. The van der Waals surface area contributed by atoms with Gasteiger partial charge < -0.3 is 20.3 Å². The number of hydrogen-bond acceptors (Lipinski definition) is 3. The zero-order valence-electron chi connectivity index (χ0n) is 16.5. The van der Waals surface area contributed by atoms with E-state index in [1.165, 1.54) is 36.9 Å². The zero-order valence-corrected chi connectivity index (χ0v) is 16.5. The van der Waals surface area contributed by atoms with Gasteiger partial charge in [-0.3, -0.25) is 4.99 Å². The lowest BCUT2D eigenvalue weighted by molar-refractivity contribution is -0.0265. The molecular formula is C21H34N4O. The molecule has 2 saturated heterocycles. The van der Waals surface area contributed by atoms with Crippen LogP contribution in [0.3, 0.4) is 0 Å². The summed E-state index contributed by atoms with van der Waals surface area (Å²) in [5.74, 6) is 1.37. The van der Waals surface area contributed by atoms with Crippen molar-refractivity contribution in [3.63, 3.8) is 0 Å². The number of hydrogen-bond donors (Lipinski definition) is 2. The molecule has 2 heterocycles. The van der Waals surface area contributed by atoms with E-state index in [4.69, 9.17) is 4.74 Å². The number of aliphatic imine (C=N–C) groups is 1. The summed E-state index contributed by atoms with van der Waals surface area (Å²) in [7, 11) is 4.06. The van der Waals surface area contributed by atoms with E-state index in [9.17, 15) is 0 Å². The van der Waals surface area contributed by atoms with E-state index in [0.29, 0.717) is 12.0 Å². The molecule has 1 aromatic rings. The smallest absolute Gasteiger partial charge is 0.191 e. The normalized spacial score (nSPS) is 27.5. The van der Waals surface area contributed by atoms with Crippen molar-refractivity contribution in [2.24, 2.45) is 10.9 Å². The highest BCUT2D eigenvalue weighted by Crippen LogP contribution is 2.33. The number of rotatable bonds is 5. The molecule has 2 fully saturated rings. The van der Waals surface area contributed by atoms with Crippen molar-refractivity contribution in [1.82, 2.24) is 15.5 Å². The molecule has 0 spiro atoms. The van der Waals surface area contributed by atoms with Crippen LogP contribution < -0.4 is 10.6 Å². The summed E-state index contributed by atoms with van der Waals surface area (Å²) in [6, 6.07) is 9.39. The van der Waals surface area contributed by atoms with Crippen LogP contribution in [0.1, 0.15) is 42.9 Å². The van der Waals surface area contributed by atoms with Gasteiger partial charge in [0.1, 0.15) is 0 Å². The molecule has 1 aromatic carbocycles. The van der Waals surface area contributed by atoms with E-state index in [0.717, 1.165) is 32.1 Å². The molecule has 2 aliphatic heterocycles. The zero-order chi connectivity index (χ0) is 18.4. The van der Waals surface area contributed by atoms with Crippen LogP contribution in [-0.2, 0) is 4.74 Å². The Bertz CT molecular complexity index is 586. The van der Waals surface area contributed by atoms with Crippen LogP contribution in [0, 0.1) is 12.8 Å². The van der Waals surface area contributed by atoms with Gasteiger partial charge in [-0.1, -0.05) is 29.8 Å². The minimum absolute atomic E-state index is 0.177. The first-order valence-electron chi connectivity index (χ1n) is 10.0. The summed E-state index contributed by atoms with van der Waals surface area (Å²) < 4.78 is 6.13. The fourth-order valence-corrected chi connectivity index (χ4v) is 4.08. The Morgan fingerprint density at radius 2 is 1.92 bits per heavy atom. The Kier molecular flexibility index (Phi) is 6.92. The van der Waals surface area contributed by atoms with Crippen LogP contribution in [0.4, 0.5) is 0 Å². The van der Waals surface area contributed by atoms with Gasteiger partial charge in [0, 0.05) is 38.7 Å². The topological polar surface area (TPSA) is 48.9 Å². The maximum absolute atomic E-state index is 6.13. The van der Waals surface area contributed by atoms with Gasteiger partial charge in [0.15, 0.2) is 5.96 Å². The number of guanidine groups is 1. The average molecular weight is 359 g/mol. The highest BCUT2D eigenvalue weighted by molar-refractivity contribution is 5.79. The molecule has 26 heavy (non-hydrogen) atoms. The Hall–Kier alpha value is -1.59. The second-order valence-electron chi connectivity index (χ2n) is 7.72. The fourth-order valence-electron chi connectivity index (χ4n) is 4.08. The third kappa shape index (κ3) is 4.98. The molecule has 0 aliphatic carbocycles. The molecule has 0 bridgehead atoms. The van der Waals surface area contributed by atoms with Crippen LogP contribution in [0.2, 0.25) is 0 Å². The summed E-state index contributed by atoms with van der Waals surface area (Å²) >= 11 is 0. The number of benzene rings is 1. The SMILES string of the molecule is CN=C(NCC1CCCOC1c1ccc(C)cc1)NCC1CCCN1C. The summed E-state index contributed by atoms with van der Waals surface area (Å²) in [5, 5.41) is 7.03. The Labute approximate surface area is 158 Å².